The number of esters is 1. The first-order chi connectivity index (χ1) is 16.2. The fourth-order valence-electron chi connectivity index (χ4n) is 3.59. The van der Waals surface area contributed by atoms with Gasteiger partial charge in [-0.1, -0.05) is 5.10 Å². The molecule has 0 unspecified atom stereocenters. The van der Waals surface area contributed by atoms with E-state index in [0.717, 1.165) is 23.3 Å². The Balaban J connectivity index is 1.53. The molecule has 0 fully saturated rings. The minimum absolute atomic E-state index is 0.0844. The normalized spacial score (nSPS) is 12.8. The van der Waals surface area contributed by atoms with Crippen molar-refractivity contribution in [1.82, 2.24) is 10.2 Å². The summed E-state index contributed by atoms with van der Waals surface area (Å²) in [7, 11) is -0.0716. The number of sulfone groups is 1. The molecular weight excluding hydrogens is 486 g/mol. The highest BCUT2D eigenvalue weighted by molar-refractivity contribution is 7.91. The molecule has 1 aromatic carbocycles. The molecule has 2 heterocycles. The van der Waals surface area contributed by atoms with Crippen molar-refractivity contribution in [2.24, 2.45) is 0 Å². The smallest absolute Gasteiger partial charge is 0.341 e. The first kappa shape index (κ1) is 23.7. The first-order valence-electron chi connectivity index (χ1n) is 10.1. The summed E-state index contributed by atoms with van der Waals surface area (Å²) in [5.41, 5.74) is 1.49. The van der Waals surface area contributed by atoms with Crippen molar-refractivity contribution in [1.29, 1.82) is 0 Å². The van der Waals surface area contributed by atoms with Crippen molar-refractivity contribution < 1.29 is 36.6 Å². The second-order valence-electron chi connectivity index (χ2n) is 7.33. The Morgan fingerprint density at radius 2 is 1.79 bits per heavy atom. The maximum atomic E-state index is 12.7. The summed E-state index contributed by atoms with van der Waals surface area (Å²) in [5, 5.41) is 9.47. The number of benzene rings is 1. The number of nitrogens with one attached hydrogen (secondary N) is 1. The first-order valence-corrected chi connectivity index (χ1v) is 12.5. The zero-order valence-electron chi connectivity index (χ0n) is 18.5. The zero-order valence-corrected chi connectivity index (χ0v) is 20.2. The predicted octanol–water partition coefficient (Wildman–Crippen LogP) is 2.50. The van der Waals surface area contributed by atoms with Gasteiger partial charge in [0.2, 0.25) is 21.6 Å². The number of carbonyl (C=O) groups excluding carboxylic acids is 2. The number of rotatable bonds is 8. The van der Waals surface area contributed by atoms with Crippen LogP contribution in [0.2, 0.25) is 0 Å². The number of anilines is 1. The maximum absolute atomic E-state index is 12.7. The third kappa shape index (κ3) is 4.61. The van der Waals surface area contributed by atoms with E-state index < -0.39 is 32.7 Å². The Hall–Kier alpha value is -3.45. The standard InChI is InChI=1S/C21H21N3O8S2/c1-29-12-7-11(8-13(9-12)30-2)18-23-24-21(32-18)34(27,28)10-16(25)22-19-17(20(26)31-3)14-5-4-6-15(14)33-19/h7-9H,4-6,10H2,1-3H3,(H,22,25). The van der Waals surface area contributed by atoms with Gasteiger partial charge in [-0.2, -0.15) is 0 Å². The van der Waals surface area contributed by atoms with Crippen LogP contribution in [0, 0.1) is 0 Å². The Morgan fingerprint density at radius 3 is 2.44 bits per heavy atom. The van der Waals surface area contributed by atoms with Crippen LogP contribution in [0.25, 0.3) is 11.5 Å². The van der Waals surface area contributed by atoms with Crippen molar-refractivity contribution in [3.05, 3.63) is 34.2 Å². The van der Waals surface area contributed by atoms with Crippen LogP contribution in [0.4, 0.5) is 5.00 Å². The lowest BCUT2D eigenvalue weighted by atomic mass is 10.1. The number of methoxy groups -OCH3 is 3. The van der Waals surface area contributed by atoms with E-state index in [9.17, 15) is 18.0 Å². The number of nitrogens with zero attached hydrogens (tertiary/aromatic N) is 2. The number of fused-ring (bicyclic) bond motifs is 1. The van der Waals surface area contributed by atoms with E-state index in [2.05, 4.69) is 15.5 Å². The monoisotopic (exact) mass is 507 g/mol. The number of aryl methyl sites for hydroxylation is 1. The third-order valence-corrected chi connectivity index (χ3v) is 7.70. The van der Waals surface area contributed by atoms with E-state index in [1.54, 1.807) is 18.2 Å². The van der Waals surface area contributed by atoms with Crippen LogP contribution in [0.3, 0.4) is 0 Å². The Morgan fingerprint density at radius 1 is 1.09 bits per heavy atom. The molecule has 1 aliphatic rings. The summed E-state index contributed by atoms with van der Waals surface area (Å²) in [4.78, 5) is 25.8. The van der Waals surface area contributed by atoms with E-state index >= 15 is 0 Å². The summed E-state index contributed by atoms with van der Waals surface area (Å²) in [6, 6.07) is 4.78. The number of thiophene rings is 1. The van der Waals surface area contributed by atoms with E-state index in [4.69, 9.17) is 18.6 Å². The minimum Gasteiger partial charge on any atom is -0.497 e. The minimum atomic E-state index is -4.26. The van der Waals surface area contributed by atoms with Crippen LogP contribution in [-0.4, -0.2) is 57.6 Å². The molecule has 3 aromatic rings. The molecule has 0 saturated heterocycles. The van der Waals surface area contributed by atoms with Gasteiger partial charge in [-0.15, -0.1) is 16.4 Å². The molecule has 34 heavy (non-hydrogen) atoms. The lowest BCUT2D eigenvalue weighted by Gasteiger charge is -2.07. The van der Waals surface area contributed by atoms with E-state index in [0.29, 0.717) is 23.5 Å². The molecule has 180 valence electrons. The van der Waals surface area contributed by atoms with E-state index in [-0.39, 0.29) is 16.5 Å². The van der Waals surface area contributed by atoms with Crippen molar-refractivity contribution in [2.75, 3.05) is 32.4 Å². The summed E-state index contributed by atoms with van der Waals surface area (Å²) >= 11 is 1.25. The van der Waals surface area contributed by atoms with Gasteiger partial charge in [-0.3, -0.25) is 4.79 Å². The molecule has 2 aromatic heterocycles. The maximum Gasteiger partial charge on any atom is 0.341 e. The van der Waals surface area contributed by atoms with Crippen LogP contribution < -0.4 is 14.8 Å². The van der Waals surface area contributed by atoms with Crippen LogP contribution in [-0.2, 0) is 32.2 Å². The largest absolute Gasteiger partial charge is 0.497 e. The van der Waals surface area contributed by atoms with Crippen molar-refractivity contribution >= 4 is 38.1 Å². The van der Waals surface area contributed by atoms with Crippen LogP contribution in [0.1, 0.15) is 27.2 Å². The lowest BCUT2D eigenvalue weighted by Crippen LogP contribution is -2.24. The van der Waals surface area contributed by atoms with Crippen LogP contribution >= 0.6 is 11.3 Å². The molecule has 1 N–H and O–H groups in total. The molecule has 13 heteroatoms. The van der Waals surface area contributed by atoms with Crippen LogP contribution in [0.5, 0.6) is 11.5 Å². The highest BCUT2D eigenvalue weighted by Crippen LogP contribution is 2.39. The summed E-state index contributed by atoms with van der Waals surface area (Å²) in [6.45, 7) is 0. The van der Waals surface area contributed by atoms with Crippen molar-refractivity contribution in [3.8, 4) is 23.0 Å². The van der Waals surface area contributed by atoms with Gasteiger partial charge in [0.1, 0.15) is 22.3 Å². The summed E-state index contributed by atoms with van der Waals surface area (Å²) in [6.07, 6.45) is 2.40. The number of ether oxygens (including phenoxy) is 3. The van der Waals surface area contributed by atoms with Gasteiger partial charge < -0.3 is 23.9 Å². The van der Waals surface area contributed by atoms with Crippen molar-refractivity contribution in [2.45, 2.75) is 24.5 Å². The van der Waals surface area contributed by atoms with Gasteiger partial charge in [0.25, 0.3) is 0 Å². The molecule has 1 amide bonds. The molecule has 11 nitrogen and oxygen atoms in total. The van der Waals surface area contributed by atoms with Gasteiger partial charge in [0, 0.05) is 16.5 Å². The number of aromatic nitrogens is 2. The van der Waals surface area contributed by atoms with E-state index in [1.165, 1.54) is 32.7 Å². The molecule has 0 atom stereocenters. The van der Waals surface area contributed by atoms with Crippen LogP contribution in [0.15, 0.2) is 27.8 Å². The Bertz CT molecular complexity index is 1340. The molecule has 0 bridgehead atoms. The number of hydrogen-bond donors (Lipinski definition) is 1. The molecule has 1 aliphatic carbocycles. The topological polar surface area (TPSA) is 147 Å². The molecule has 0 spiro atoms. The molecule has 4 rings (SSSR count). The van der Waals surface area contributed by atoms with E-state index in [1.807, 2.05) is 0 Å². The predicted molar refractivity (Wildman–Crippen MR) is 121 cm³/mol. The highest BCUT2D eigenvalue weighted by Gasteiger charge is 2.31. The third-order valence-electron chi connectivity index (χ3n) is 5.16. The van der Waals surface area contributed by atoms with Gasteiger partial charge in [0.05, 0.1) is 26.9 Å². The van der Waals surface area contributed by atoms with Gasteiger partial charge in [-0.25, -0.2) is 13.2 Å². The Labute approximate surface area is 199 Å². The second kappa shape index (κ2) is 9.43. The zero-order chi connectivity index (χ0) is 24.5. The fraction of sp³-hybridized carbons (Fsp3) is 0.333. The molecular formula is C21H21N3O8S2. The number of carbonyl (C=O) groups is 2. The van der Waals surface area contributed by atoms with Gasteiger partial charge in [0.15, 0.2) is 0 Å². The average Bonchev–Trinajstić information content (AvgIpc) is 3.54. The second-order valence-corrected chi connectivity index (χ2v) is 10.3. The lowest BCUT2D eigenvalue weighted by molar-refractivity contribution is -0.113. The van der Waals surface area contributed by atoms with Gasteiger partial charge >= 0.3 is 11.2 Å². The average molecular weight is 508 g/mol. The van der Waals surface area contributed by atoms with Crippen molar-refractivity contribution in [3.63, 3.8) is 0 Å². The fourth-order valence-corrected chi connectivity index (χ4v) is 5.80. The highest BCUT2D eigenvalue weighted by atomic mass is 32.2. The molecule has 0 radical (unpaired) electrons. The molecule has 0 aliphatic heterocycles. The molecule has 0 saturated carbocycles. The van der Waals surface area contributed by atoms with Gasteiger partial charge in [-0.05, 0) is 37.0 Å². The summed E-state index contributed by atoms with van der Waals surface area (Å²) in [5.74, 6) is -1.56. The SMILES string of the molecule is COC(=O)c1c(NC(=O)CS(=O)(=O)c2nnc(-c3cc(OC)cc(OC)c3)o2)sc2c1CCC2. The summed E-state index contributed by atoms with van der Waals surface area (Å²) < 4.78 is 46.0. The number of hydrogen-bond acceptors (Lipinski definition) is 11. The Kier molecular flexibility index (Phi) is 6.57. The number of amides is 1. The quantitative estimate of drug-likeness (QED) is 0.451.